The highest BCUT2D eigenvalue weighted by atomic mass is 16.2. The second-order valence-electron chi connectivity index (χ2n) is 7.31. The van der Waals surface area contributed by atoms with Crippen molar-refractivity contribution >= 4 is 11.8 Å². The number of likely N-dealkylation sites (tertiary alicyclic amines) is 1. The van der Waals surface area contributed by atoms with E-state index in [2.05, 4.69) is 29.6 Å². The Kier molecular flexibility index (Phi) is 6.58. The highest BCUT2D eigenvalue weighted by Gasteiger charge is 2.31. The van der Waals surface area contributed by atoms with E-state index in [4.69, 9.17) is 0 Å². The van der Waals surface area contributed by atoms with E-state index in [1.807, 2.05) is 25.1 Å². The Morgan fingerprint density at radius 3 is 2.36 bits per heavy atom. The SMILES string of the molecule is CNC(C(=O)N1CCC(C(=O)NC(C)C(C)C)CC1)c1cnn(C)c1. The summed E-state index contributed by atoms with van der Waals surface area (Å²) in [5, 5.41) is 10.3. The third kappa shape index (κ3) is 4.81. The molecule has 2 N–H and O–H groups in total. The van der Waals surface area contributed by atoms with Crippen molar-refractivity contribution in [2.75, 3.05) is 20.1 Å². The molecule has 0 saturated carbocycles. The molecule has 1 aliphatic heterocycles. The molecule has 0 radical (unpaired) electrons. The summed E-state index contributed by atoms with van der Waals surface area (Å²) in [5.41, 5.74) is 0.862. The van der Waals surface area contributed by atoms with Gasteiger partial charge in [-0.25, -0.2) is 0 Å². The number of carbonyl (C=O) groups is 2. The minimum absolute atomic E-state index is 0.00308. The minimum atomic E-state index is -0.389. The van der Waals surface area contributed by atoms with Crippen LogP contribution in [0.5, 0.6) is 0 Å². The van der Waals surface area contributed by atoms with Crippen LogP contribution >= 0.6 is 0 Å². The summed E-state index contributed by atoms with van der Waals surface area (Å²) >= 11 is 0. The second kappa shape index (κ2) is 8.47. The van der Waals surface area contributed by atoms with Crippen LogP contribution in [0, 0.1) is 11.8 Å². The highest BCUT2D eigenvalue weighted by Crippen LogP contribution is 2.22. The van der Waals surface area contributed by atoms with Gasteiger partial charge in [-0.05, 0) is 32.7 Å². The Morgan fingerprint density at radius 1 is 1.24 bits per heavy atom. The molecule has 2 rings (SSSR count). The number of likely N-dealkylation sites (N-methyl/N-ethyl adjacent to an activating group) is 1. The molecule has 0 aliphatic carbocycles. The van der Waals surface area contributed by atoms with E-state index in [1.165, 1.54) is 0 Å². The highest BCUT2D eigenvalue weighted by molar-refractivity contribution is 5.84. The van der Waals surface area contributed by atoms with Gasteiger partial charge in [-0.15, -0.1) is 0 Å². The van der Waals surface area contributed by atoms with Gasteiger partial charge >= 0.3 is 0 Å². The summed E-state index contributed by atoms with van der Waals surface area (Å²) in [6, 6.07) is -0.216. The molecular weight excluding hydrogens is 318 g/mol. The number of hydrogen-bond acceptors (Lipinski definition) is 4. The Balaban J connectivity index is 1.90. The number of hydrogen-bond donors (Lipinski definition) is 2. The standard InChI is InChI=1S/C18H31N5O2/c1-12(2)13(3)21-17(24)14-6-8-23(9-7-14)18(25)16(19-4)15-10-20-22(5)11-15/h10-14,16,19H,6-9H2,1-5H3,(H,21,24). The molecule has 2 amide bonds. The quantitative estimate of drug-likeness (QED) is 0.805. The van der Waals surface area contributed by atoms with Gasteiger partial charge in [-0.2, -0.15) is 5.10 Å². The molecule has 7 heteroatoms. The lowest BCUT2D eigenvalue weighted by atomic mass is 9.94. The Hall–Kier alpha value is -1.89. The van der Waals surface area contributed by atoms with Crippen molar-refractivity contribution in [3.05, 3.63) is 18.0 Å². The molecule has 0 aromatic carbocycles. The summed E-state index contributed by atoms with van der Waals surface area (Å²) in [4.78, 5) is 27.0. The van der Waals surface area contributed by atoms with Crippen molar-refractivity contribution < 1.29 is 9.59 Å². The van der Waals surface area contributed by atoms with Crippen LogP contribution in [-0.4, -0.2) is 52.7 Å². The molecule has 7 nitrogen and oxygen atoms in total. The van der Waals surface area contributed by atoms with Crippen molar-refractivity contribution in [1.82, 2.24) is 25.3 Å². The largest absolute Gasteiger partial charge is 0.353 e. The van der Waals surface area contributed by atoms with Crippen LogP contribution in [0.1, 0.15) is 45.2 Å². The van der Waals surface area contributed by atoms with Gasteiger partial charge in [-0.3, -0.25) is 14.3 Å². The van der Waals surface area contributed by atoms with E-state index in [0.717, 1.165) is 5.56 Å². The van der Waals surface area contributed by atoms with E-state index in [1.54, 1.807) is 17.9 Å². The number of piperidine rings is 1. The van der Waals surface area contributed by atoms with E-state index in [0.29, 0.717) is 31.8 Å². The fourth-order valence-electron chi connectivity index (χ4n) is 3.08. The molecule has 1 fully saturated rings. The molecular formula is C18H31N5O2. The molecule has 1 saturated heterocycles. The Bertz CT molecular complexity index is 590. The molecule has 2 heterocycles. The number of nitrogens with one attached hydrogen (secondary N) is 2. The number of carbonyl (C=O) groups excluding carboxylic acids is 2. The Labute approximate surface area is 150 Å². The fourth-order valence-corrected chi connectivity index (χ4v) is 3.08. The van der Waals surface area contributed by atoms with Crippen LogP contribution in [0.15, 0.2) is 12.4 Å². The molecule has 1 aromatic heterocycles. The summed E-state index contributed by atoms with van der Waals surface area (Å²) in [6.07, 6.45) is 5.00. The first-order chi connectivity index (χ1) is 11.8. The average molecular weight is 349 g/mol. The summed E-state index contributed by atoms with van der Waals surface area (Å²) in [6.45, 7) is 7.47. The van der Waals surface area contributed by atoms with Crippen LogP contribution in [0.4, 0.5) is 0 Å². The number of amides is 2. The van der Waals surface area contributed by atoms with Crippen LogP contribution in [0.2, 0.25) is 0 Å². The number of aryl methyl sites for hydroxylation is 1. The van der Waals surface area contributed by atoms with Crippen LogP contribution < -0.4 is 10.6 Å². The normalized spacial score (nSPS) is 18.2. The van der Waals surface area contributed by atoms with Gasteiger partial charge in [0.05, 0.1) is 6.20 Å². The zero-order valence-corrected chi connectivity index (χ0v) is 16.0. The van der Waals surface area contributed by atoms with Gasteiger partial charge in [0.25, 0.3) is 0 Å². The first-order valence-electron chi connectivity index (χ1n) is 9.08. The fraction of sp³-hybridized carbons (Fsp3) is 0.722. The number of rotatable bonds is 6. The van der Waals surface area contributed by atoms with Crippen molar-refractivity contribution in [3.63, 3.8) is 0 Å². The molecule has 1 aromatic rings. The van der Waals surface area contributed by atoms with Gasteiger partial charge in [-0.1, -0.05) is 13.8 Å². The van der Waals surface area contributed by atoms with E-state index in [9.17, 15) is 9.59 Å². The van der Waals surface area contributed by atoms with Crippen molar-refractivity contribution in [2.45, 2.75) is 45.7 Å². The maximum atomic E-state index is 12.8. The topological polar surface area (TPSA) is 79.3 Å². The summed E-state index contributed by atoms with van der Waals surface area (Å²) in [7, 11) is 3.62. The molecule has 2 unspecified atom stereocenters. The molecule has 0 spiro atoms. The minimum Gasteiger partial charge on any atom is -0.353 e. The summed E-state index contributed by atoms with van der Waals surface area (Å²) in [5.74, 6) is 0.578. The van der Waals surface area contributed by atoms with Crippen molar-refractivity contribution in [1.29, 1.82) is 0 Å². The van der Waals surface area contributed by atoms with Gasteiger partial charge < -0.3 is 15.5 Å². The van der Waals surface area contributed by atoms with Gasteiger partial charge in [0.2, 0.25) is 11.8 Å². The van der Waals surface area contributed by atoms with Gasteiger partial charge in [0.1, 0.15) is 6.04 Å². The zero-order chi connectivity index (χ0) is 18.6. The van der Waals surface area contributed by atoms with Crippen LogP contribution in [0.25, 0.3) is 0 Å². The van der Waals surface area contributed by atoms with Gasteiger partial charge in [0.15, 0.2) is 0 Å². The van der Waals surface area contributed by atoms with Crippen LogP contribution in [-0.2, 0) is 16.6 Å². The maximum Gasteiger partial charge on any atom is 0.244 e. The van der Waals surface area contributed by atoms with E-state index in [-0.39, 0.29) is 29.8 Å². The molecule has 0 bridgehead atoms. The third-order valence-corrected chi connectivity index (χ3v) is 5.14. The Morgan fingerprint density at radius 2 is 1.88 bits per heavy atom. The number of aromatic nitrogens is 2. The monoisotopic (exact) mass is 349 g/mol. The zero-order valence-electron chi connectivity index (χ0n) is 16.0. The lowest BCUT2D eigenvalue weighted by Gasteiger charge is -2.34. The lowest BCUT2D eigenvalue weighted by molar-refractivity contribution is -0.137. The lowest BCUT2D eigenvalue weighted by Crippen LogP contribution is -2.48. The smallest absolute Gasteiger partial charge is 0.244 e. The second-order valence-corrected chi connectivity index (χ2v) is 7.31. The first kappa shape index (κ1) is 19.4. The molecule has 2 atom stereocenters. The first-order valence-corrected chi connectivity index (χ1v) is 9.08. The van der Waals surface area contributed by atoms with E-state index < -0.39 is 0 Å². The summed E-state index contributed by atoms with van der Waals surface area (Å²) < 4.78 is 1.69. The third-order valence-electron chi connectivity index (χ3n) is 5.14. The van der Waals surface area contributed by atoms with E-state index >= 15 is 0 Å². The molecule has 1 aliphatic rings. The van der Waals surface area contributed by atoms with Gasteiger partial charge in [0, 0.05) is 43.9 Å². The maximum absolute atomic E-state index is 12.8. The predicted octanol–water partition coefficient (Wildman–Crippen LogP) is 1.08. The molecule has 140 valence electrons. The average Bonchev–Trinajstić information content (AvgIpc) is 3.01. The van der Waals surface area contributed by atoms with Crippen molar-refractivity contribution in [3.8, 4) is 0 Å². The van der Waals surface area contributed by atoms with Crippen LogP contribution in [0.3, 0.4) is 0 Å². The predicted molar refractivity (Wildman–Crippen MR) is 96.8 cm³/mol. The van der Waals surface area contributed by atoms with Crippen molar-refractivity contribution in [2.24, 2.45) is 18.9 Å². The molecule has 25 heavy (non-hydrogen) atoms. The number of nitrogens with zero attached hydrogens (tertiary/aromatic N) is 3.